The summed E-state index contributed by atoms with van der Waals surface area (Å²) in [4.78, 5) is 25.7. The van der Waals surface area contributed by atoms with Crippen LogP contribution in [0.15, 0.2) is 30.3 Å². The van der Waals surface area contributed by atoms with Crippen LogP contribution in [0, 0.1) is 0 Å². The van der Waals surface area contributed by atoms with E-state index < -0.39 is 11.9 Å². The Balaban J connectivity index is 2.41. The number of nitrogens with zero attached hydrogens (tertiary/aromatic N) is 1. The van der Waals surface area contributed by atoms with Gasteiger partial charge in [0, 0.05) is 17.5 Å². The summed E-state index contributed by atoms with van der Waals surface area (Å²) >= 11 is 0. The Bertz CT molecular complexity index is 621. The highest BCUT2D eigenvalue weighted by Gasteiger charge is 2.09. The molecule has 0 spiro atoms. The second-order valence-corrected chi connectivity index (χ2v) is 3.87. The minimum atomic E-state index is -0.999. The molecule has 2 rings (SSSR count). The highest BCUT2D eigenvalue weighted by molar-refractivity contribution is 6.02. The molecular weight excluding hydrogens is 234 g/mol. The molecule has 1 aromatic heterocycles. The highest BCUT2D eigenvalue weighted by Crippen LogP contribution is 2.18. The van der Waals surface area contributed by atoms with Gasteiger partial charge in [0.25, 0.3) is 0 Å². The number of aryl methyl sites for hydroxylation is 1. The van der Waals surface area contributed by atoms with Crippen LogP contribution in [0.5, 0.6) is 0 Å². The van der Waals surface area contributed by atoms with Gasteiger partial charge in [-0.2, -0.15) is 0 Å². The molecule has 0 radical (unpaired) electrons. The zero-order chi connectivity index (χ0) is 13.1. The van der Waals surface area contributed by atoms with Gasteiger partial charge in [-0.25, -0.2) is 4.79 Å². The first-order valence-corrected chi connectivity index (χ1v) is 5.41. The monoisotopic (exact) mass is 245 g/mol. The molecule has 18 heavy (non-hydrogen) atoms. The van der Waals surface area contributed by atoms with Gasteiger partial charge in [0.2, 0.25) is 0 Å². The Labute approximate surface area is 103 Å². The van der Waals surface area contributed by atoms with Crippen LogP contribution in [0.25, 0.3) is 10.9 Å². The number of benzene rings is 1. The fourth-order valence-electron chi connectivity index (χ4n) is 1.76. The van der Waals surface area contributed by atoms with Crippen LogP contribution >= 0.6 is 0 Å². The van der Waals surface area contributed by atoms with Gasteiger partial charge in [0.05, 0.1) is 17.5 Å². The van der Waals surface area contributed by atoms with E-state index in [4.69, 9.17) is 10.2 Å². The zero-order valence-electron chi connectivity index (χ0n) is 9.46. The molecule has 5 nitrogen and oxygen atoms in total. The molecule has 0 fully saturated rings. The van der Waals surface area contributed by atoms with E-state index in [0.717, 1.165) is 0 Å². The maximum Gasteiger partial charge on any atom is 0.336 e. The topological polar surface area (TPSA) is 87.5 Å². The largest absolute Gasteiger partial charge is 0.481 e. The number of carboxylic acids is 2. The zero-order valence-corrected chi connectivity index (χ0v) is 9.46. The minimum absolute atomic E-state index is 0.0110. The first kappa shape index (κ1) is 12.0. The molecule has 1 heterocycles. The van der Waals surface area contributed by atoms with Crippen LogP contribution in [-0.4, -0.2) is 27.1 Å². The fourth-order valence-corrected chi connectivity index (χ4v) is 1.76. The van der Waals surface area contributed by atoms with E-state index in [1.807, 2.05) is 0 Å². The SMILES string of the molecule is O=C(O)CCc1ccc2c(C(=O)O)cccc2n1. The lowest BCUT2D eigenvalue weighted by molar-refractivity contribution is -0.136. The summed E-state index contributed by atoms with van der Waals surface area (Å²) in [6, 6.07) is 8.19. The Morgan fingerprint density at radius 2 is 1.89 bits per heavy atom. The molecule has 2 aromatic rings. The van der Waals surface area contributed by atoms with Gasteiger partial charge in [0.15, 0.2) is 0 Å². The summed E-state index contributed by atoms with van der Waals surface area (Å²) in [7, 11) is 0. The first-order chi connectivity index (χ1) is 8.58. The van der Waals surface area contributed by atoms with Crippen molar-refractivity contribution < 1.29 is 19.8 Å². The molecule has 1 aromatic carbocycles. The number of aromatic carboxylic acids is 1. The third-order valence-corrected chi connectivity index (χ3v) is 2.61. The summed E-state index contributed by atoms with van der Waals surface area (Å²) in [5, 5.41) is 18.2. The average Bonchev–Trinajstić information content (AvgIpc) is 2.35. The van der Waals surface area contributed by atoms with E-state index in [1.165, 1.54) is 6.07 Å². The second kappa shape index (κ2) is 4.83. The van der Waals surface area contributed by atoms with Crippen LogP contribution in [0.2, 0.25) is 0 Å². The number of hydrogen-bond acceptors (Lipinski definition) is 3. The van der Waals surface area contributed by atoms with Crippen molar-refractivity contribution in [3.63, 3.8) is 0 Å². The predicted molar refractivity (Wildman–Crippen MR) is 64.7 cm³/mol. The Morgan fingerprint density at radius 3 is 2.56 bits per heavy atom. The second-order valence-electron chi connectivity index (χ2n) is 3.87. The van der Waals surface area contributed by atoms with E-state index in [0.29, 0.717) is 23.0 Å². The Morgan fingerprint density at radius 1 is 1.11 bits per heavy atom. The van der Waals surface area contributed by atoms with Gasteiger partial charge in [0.1, 0.15) is 0 Å². The third-order valence-electron chi connectivity index (χ3n) is 2.61. The molecule has 0 atom stereocenters. The van der Waals surface area contributed by atoms with Gasteiger partial charge in [-0.05, 0) is 18.2 Å². The van der Waals surface area contributed by atoms with Gasteiger partial charge >= 0.3 is 11.9 Å². The summed E-state index contributed by atoms with van der Waals surface area (Å²) in [5.41, 5.74) is 1.41. The minimum Gasteiger partial charge on any atom is -0.481 e. The number of aliphatic carboxylic acids is 1. The van der Waals surface area contributed by atoms with E-state index in [2.05, 4.69) is 4.98 Å². The maximum atomic E-state index is 11.0. The number of aromatic nitrogens is 1. The third kappa shape index (κ3) is 2.45. The molecular formula is C13H11NO4. The van der Waals surface area contributed by atoms with Gasteiger partial charge in [-0.3, -0.25) is 9.78 Å². The number of pyridine rings is 1. The molecule has 0 unspecified atom stereocenters. The summed E-state index contributed by atoms with van der Waals surface area (Å²) in [6.45, 7) is 0. The molecule has 0 saturated heterocycles. The molecule has 0 aliphatic rings. The maximum absolute atomic E-state index is 11.0. The van der Waals surface area contributed by atoms with Gasteiger partial charge < -0.3 is 10.2 Å². The van der Waals surface area contributed by atoms with Gasteiger partial charge in [-0.1, -0.05) is 12.1 Å². The van der Waals surface area contributed by atoms with E-state index >= 15 is 0 Å². The average molecular weight is 245 g/mol. The smallest absolute Gasteiger partial charge is 0.336 e. The summed E-state index contributed by atoms with van der Waals surface area (Å²) in [6.07, 6.45) is 0.347. The molecule has 0 saturated carbocycles. The number of fused-ring (bicyclic) bond motifs is 1. The quantitative estimate of drug-likeness (QED) is 0.859. The molecule has 0 amide bonds. The predicted octanol–water partition coefficient (Wildman–Crippen LogP) is 1.95. The first-order valence-electron chi connectivity index (χ1n) is 5.41. The van der Waals surface area contributed by atoms with Crippen molar-refractivity contribution in [3.05, 3.63) is 41.6 Å². The van der Waals surface area contributed by atoms with Crippen molar-refractivity contribution in [2.75, 3.05) is 0 Å². The van der Waals surface area contributed by atoms with Crippen LogP contribution < -0.4 is 0 Å². The lowest BCUT2D eigenvalue weighted by Crippen LogP contribution is -2.01. The van der Waals surface area contributed by atoms with Crippen molar-refractivity contribution in [2.24, 2.45) is 0 Å². The van der Waals surface area contributed by atoms with Crippen LogP contribution in [0.1, 0.15) is 22.5 Å². The number of rotatable bonds is 4. The Kier molecular flexibility index (Phi) is 3.23. The van der Waals surface area contributed by atoms with Crippen molar-refractivity contribution in [1.29, 1.82) is 0 Å². The van der Waals surface area contributed by atoms with Crippen molar-refractivity contribution in [2.45, 2.75) is 12.8 Å². The molecule has 2 N–H and O–H groups in total. The molecule has 92 valence electrons. The normalized spacial score (nSPS) is 10.4. The molecule has 5 heteroatoms. The Hall–Kier alpha value is -2.43. The van der Waals surface area contributed by atoms with Crippen molar-refractivity contribution in [1.82, 2.24) is 4.98 Å². The lowest BCUT2D eigenvalue weighted by atomic mass is 10.1. The molecule has 0 bridgehead atoms. The van der Waals surface area contributed by atoms with Gasteiger partial charge in [-0.15, -0.1) is 0 Å². The van der Waals surface area contributed by atoms with E-state index in [9.17, 15) is 9.59 Å². The van der Waals surface area contributed by atoms with E-state index in [-0.39, 0.29) is 12.0 Å². The lowest BCUT2D eigenvalue weighted by Gasteiger charge is -2.04. The van der Waals surface area contributed by atoms with E-state index in [1.54, 1.807) is 24.3 Å². The van der Waals surface area contributed by atoms with Crippen molar-refractivity contribution >= 4 is 22.8 Å². The number of hydrogen-bond donors (Lipinski definition) is 2. The standard InChI is InChI=1S/C13H11NO4/c15-12(16)7-5-8-4-6-9-10(13(17)18)2-1-3-11(9)14-8/h1-4,6H,5,7H2,(H,15,16)(H,17,18). The highest BCUT2D eigenvalue weighted by atomic mass is 16.4. The molecule has 0 aliphatic carbocycles. The summed E-state index contributed by atoms with van der Waals surface area (Å²) < 4.78 is 0. The van der Waals surface area contributed by atoms with Crippen LogP contribution in [0.3, 0.4) is 0 Å². The van der Waals surface area contributed by atoms with Crippen LogP contribution in [0.4, 0.5) is 0 Å². The number of carbonyl (C=O) groups is 2. The fraction of sp³-hybridized carbons (Fsp3) is 0.154. The summed E-state index contributed by atoms with van der Waals surface area (Å²) in [5.74, 6) is -1.88. The molecule has 0 aliphatic heterocycles. The van der Waals surface area contributed by atoms with Crippen molar-refractivity contribution in [3.8, 4) is 0 Å². The number of carboxylic acid groups (broad SMARTS) is 2. The van der Waals surface area contributed by atoms with Crippen LogP contribution in [-0.2, 0) is 11.2 Å².